The molecular weight excluding hydrogens is 322 g/mol. The van der Waals surface area contributed by atoms with Crippen LogP contribution in [0.25, 0.3) is 0 Å². The quantitative estimate of drug-likeness (QED) is 0.802. The number of thioether (sulfide) groups is 1. The SMILES string of the molecule is CCn1cc([C@@H]2CS(=O)(=O)CCN2C(=O)[C@@H](C)CSC)cn1. The van der Waals surface area contributed by atoms with E-state index >= 15 is 0 Å². The molecule has 22 heavy (non-hydrogen) atoms. The molecule has 0 aromatic carbocycles. The van der Waals surface area contributed by atoms with Gasteiger partial charge in [0.2, 0.25) is 5.91 Å². The second kappa shape index (κ2) is 7.04. The van der Waals surface area contributed by atoms with E-state index in [0.29, 0.717) is 0 Å². The van der Waals surface area contributed by atoms with Gasteiger partial charge in [-0.3, -0.25) is 9.48 Å². The average Bonchev–Trinajstić information content (AvgIpc) is 2.95. The molecule has 0 unspecified atom stereocenters. The van der Waals surface area contributed by atoms with E-state index in [0.717, 1.165) is 17.9 Å². The molecule has 1 amide bonds. The number of carbonyl (C=O) groups excluding carboxylic acids is 1. The highest BCUT2D eigenvalue weighted by Gasteiger charge is 2.37. The maximum atomic E-state index is 12.6. The van der Waals surface area contributed by atoms with Crippen LogP contribution in [0.4, 0.5) is 0 Å². The van der Waals surface area contributed by atoms with Gasteiger partial charge in [-0.15, -0.1) is 0 Å². The van der Waals surface area contributed by atoms with Gasteiger partial charge in [-0.1, -0.05) is 6.92 Å². The van der Waals surface area contributed by atoms with E-state index in [1.165, 1.54) is 0 Å². The van der Waals surface area contributed by atoms with Crippen molar-refractivity contribution in [2.45, 2.75) is 26.4 Å². The third kappa shape index (κ3) is 3.84. The van der Waals surface area contributed by atoms with E-state index in [9.17, 15) is 13.2 Å². The molecule has 1 fully saturated rings. The predicted molar refractivity (Wildman–Crippen MR) is 88.6 cm³/mol. The van der Waals surface area contributed by atoms with Crippen molar-refractivity contribution in [3.05, 3.63) is 18.0 Å². The summed E-state index contributed by atoms with van der Waals surface area (Å²) in [4.78, 5) is 14.4. The molecule has 1 aliphatic heterocycles. The van der Waals surface area contributed by atoms with Crippen LogP contribution in [0.3, 0.4) is 0 Å². The molecule has 0 spiro atoms. The zero-order valence-electron chi connectivity index (χ0n) is 13.2. The van der Waals surface area contributed by atoms with Crippen LogP contribution in [-0.4, -0.2) is 59.1 Å². The van der Waals surface area contributed by atoms with Crippen molar-refractivity contribution < 1.29 is 13.2 Å². The molecule has 8 heteroatoms. The number of rotatable bonds is 5. The lowest BCUT2D eigenvalue weighted by molar-refractivity contribution is -0.136. The molecule has 2 atom stereocenters. The molecular formula is C14H23N3O3S2. The number of aromatic nitrogens is 2. The smallest absolute Gasteiger partial charge is 0.226 e. The lowest BCUT2D eigenvalue weighted by atomic mass is 10.1. The van der Waals surface area contributed by atoms with E-state index < -0.39 is 15.9 Å². The second-order valence-electron chi connectivity index (χ2n) is 5.65. The molecule has 124 valence electrons. The van der Waals surface area contributed by atoms with Crippen LogP contribution in [-0.2, 0) is 21.2 Å². The fourth-order valence-corrected chi connectivity index (χ4v) is 4.81. The van der Waals surface area contributed by atoms with Crippen molar-refractivity contribution in [1.29, 1.82) is 0 Å². The van der Waals surface area contributed by atoms with Crippen molar-refractivity contribution in [1.82, 2.24) is 14.7 Å². The summed E-state index contributed by atoms with van der Waals surface area (Å²) in [7, 11) is -3.12. The molecule has 0 radical (unpaired) electrons. The van der Waals surface area contributed by atoms with Gasteiger partial charge >= 0.3 is 0 Å². The summed E-state index contributed by atoms with van der Waals surface area (Å²) in [5, 5.41) is 4.21. The zero-order valence-corrected chi connectivity index (χ0v) is 14.9. The maximum Gasteiger partial charge on any atom is 0.226 e. The first-order valence-electron chi connectivity index (χ1n) is 7.40. The number of hydrogen-bond acceptors (Lipinski definition) is 5. The topological polar surface area (TPSA) is 72.3 Å². The van der Waals surface area contributed by atoms with Gasteiger partial charge in [-0.05, 0) is 13.2 Å². The number of sulfone groups is 1. The monoisotopic (exact) mass is 345 g/mol. The highest BCUT2D eigenvalue weighted by atomic mass is 32.2. The predicted octanol–water partition coefficient (Wildman–Crippen LogP) is 1.20. The lowest BCUT2D eigenvalue weighted by Gasteiger charge is -2.36. The summed E-state index contributed by atoms with van der Waals surface area (Å²) in [6, 6.07) is -0.421. The largest absolute Gasteiger partial charge is 0.333 e. The standard InChI is InChI=1S/C14H23N3O3S2/c1-4-16-8-12(7-15-16)13-10-22(19,20)6-5-17(13)14(18)11(2)9-21-3/h7-8,11,13H,4-6,9-10H2,1-3H3/t11-,13-/m0/s1. The molecule has 2 heterocycles. The third-order valence-electron chi connectivity index (χ3n) is 3.91. The highest BCUT2D eigenvalue weighted by molar-refractivity contribution is 7.98. The van der Waals surface area contributed by atoms with E-state index in [4.69, 9.17) is 0 Å². The summed E-state index contributed by atoms with van der Waals surface area (Å²) >= 11 is 1.62. The van der Waals surface area contributed by atoms with Crippen LogP contribution in [0.15, 0.2) is 12.4 Å². The van der Waals surface area contributed by atoms with Crippen LogP contribution in [0, 0.1) is 5.92 Å². The Labute approximate surface area is 136 Å². The fourth-order valence-electron chi connectivity index (χ4n) is 2.68. The third-order valence-corrected chi connectivity index (χ3v) is 6.38. The van der Waals surface area contributed by atoms with Gasteiger partial charge < -0.3 is 4.90 Å². The Bertz CT molecular complexity index is 627. The fraction of sp³-hybridized carbons (Fsp3) is 0.714. The Hall–Kier alpha value is -1.02. The molecule has 6 nitrogen and oxygen atoms in total. The van der Waals surface area contributed by atoms with Crippen molar-refractivity contribution >= 4 is 27.5 Å². The van der Waals surface area contributed by atoms with Crippen LogP contribution >= 0.6 is 11.8 Å². The molecule has 2 rings (SSSR count). The molecule has 1 saturated heterocycles. The van der Waals surface area contributed by atoms with Crippen LogP contribution in [0.2, 0.25) is 0 Å². The van der Waals surface area contributed by atoms with Crippen molar-refractivity contribution in [2.75, 3.05) is 30.1 Å². The van der Waals surface area contributed by atoms with E-state index in [1.807, 2.05) is 26.3 Å². The van der Waals surface area contributed by atoms with Gasteiger partial charge in [-0.2, -0.15) is 16.9 Å². The Morgan fingerprint density at radius 2 is 2.27 bits per heavy atom. The number of amides is 1. The Balaban J connectivity index is 2.28. The van der Waals surface area contributed by atoms with Gasteiger partial charge in [0, 0.05) is 36.5 Å². The summed E-state index contributed by atoms with van der Waals surface area (Å²) in [6.07, 6.45) is 5.48. The van der Waals surface area contributed by atoms with Crippen LogP contribution < -0.4 is 0 Å². The minimum atomic E-state index is -3.12. The van der Waals surface area contributed by atoms with E-state index in [-0.39, 0.29) is 29.9 Å². The Morgan fingerprint density at radius 1 is 1.55 bits per heavy atom. The van der Waals surface area contributed by atoms with Gasteiger partial charge in [0.15, 0.2) is 9.84 Å². The molecule has 0 aliphatic carbocycles. The summed E-state index contributed by atoms with van der Waals surface area (Å²) < 4.78 is 25.8. The first kappa shape index (κ1) is 17.3. The lowest BCUT2D eigenvalue weighted by Crippen LogP contribution is -2.48. The highest BCUT2D eigenvalue weighted by Crippen LogP contribution is 2.28. The molecule has 1 aromatic rings. The minimum Gasteiger partial charge on any atom is -0.333 e. The minimum absolute atomic E-state index is 0.0138. The normalized spacial score (nSPS) is 22.5. The second-order valence-corrected chi connectivity index (χ2v) is 8.79. The Morgan fingerprint density at radius 3 is 2.86 bits per heavy atom. The summed E-state index contributed by atoms with van der Waals surface area (Å²) in [5.41, 5.74) is 0.801. The van der Waals surface area contributed by atoms with E-state index in [2.05, 4.69) is 5.10 Å². The summed E-state index contributed by atoms with van der Waals surface area (Å²) in [6.45, 7) is 4.85. The average molecular weight is 345 g/mol. The van der Waals surface area contributed by atoms with Gasteiger partial charge in [0.1, 0.15) is 0 Å². The van der Waals surface area contributed by atoms with Crippen LogP contribution in [0.1, 0.15) is 25.5 Å². The summed E-state index contributed by atoms with van der Waals surface area (Å²) in [5.74, 6) is 0.685. The number of nitrogens with zero attached hydrogens (tertiary/aromatic N) is 3. The van der Waals surface area contributed by atoms with Gasteiger partial charge in [-0.25, -0.2) is 8.42 Å². The first-order valence-corrected chi connectivity index (χ1v) is 10.6. The molecule has 0 N–H and O–H groups in total. The van der Waals surface area contributed by atoms with Crippen LogP contribution in [0.5, 0.6) is 0 Å². The van der Waals surface area contributed by atoms with Crippen molar-refractivity contribution in [2.24, 2.45) is 5.92 Å². The van der Waals surface area contributed by atoms with Crippen molar-refractivity contribution in [3.63, 3.8) is 0 Å². The van der Waals surface area contributed by atoms with E-state index in [1.54, 1.807) is 27.5 Å². The molecule has 0 bridgehead atoms. The van der Waals surface area contributed by atoms with Gasteiger partial charge in [0.05, 0.1) is 23.7 Å². The van der Waals surface area contributed by atoms with Gasteiger partial charge in [0.25, 0.3) is 0 Å². The molecule has 1 aliphatic rings. The molecule has 0 saturated carbocycles. The number of hydrogen-bond donors (Lipinski definition) is 0. The number of carbonyl (C=O) groups is 1. The zero-order chi connectivity index (χ0) is 16.3. The Kier molecular flexibility index (Phi) is 5.55. The van der Waals surface area contributed by atoms with Crippen molar-refractivity contribution in [3.8, 4) is 0 Å². The maximum absolute atomic E-state index is 12.6. The number of aryl methyl sites for hydroxylation is 1. The first-order chi connectivity index (χ1) is 10.4. The molecule has 1 aromatic heterocycles.